The monoisotopic (exact) mass is 470 g/mol. The van der Waals surface area contributed by atoms with Crippen molar-refractivity contribution in [2.24, 2.45) is 0 Å². The Balaban J connectivity index is 1.44. The molecular formula is C24H28N3O5S+. The van der Waals surface area contributed by atoms with E-state index in [-0.39, 0.29) is 42.0 Å². The van der Waals surface area contributed by atoms with E-state index in [0.29, 0.717) is 24.3 Å². The first-order valence-corrected chi connectivity index (χ1v) is 12.4. The average molecular weight is 471 g/mol. The summed E-state index contributed by atoms with van der Waals surface area (Å²) in [6, 6.07) is 11.0. The molecule has 174 valence electrons. The smallest absolute Gasteiger partial charge is 0.292 e. The molecule has 0 unspecified atom stereocenters. The molecule has 0 spiro atoms. The van der Waals surface area contributed by atoms with Crippen LogP contribution in [0.3, 0.4) is 0 Å². The van der Waals surface area contributed by atoms with Crippen LogP contribution >= 0.6 is 0 Å². The Morgan fingerprint density at radius 3 is 2.18 bits per heavy atom. The topological polar surface area (TPSA) is 96.3 Å². The van der Waals surface area contributed by atoms with Crippen LogP contribution in [0.2, 0.25) is 0 Å². The van der Waals surface area contributed by atoms with Crippen LogP contribution in [0, 0.1) is 13.8 Å². The molecule has 0 bridgehead atoms. The lowest BCUT2D eigenvalue weighted by atomic mass is 10.1. The summed E-state index contributed by atoms with van der Waals surface area (Å²) < 4.78 is 27.6. The summed E-state index contributed by atoms with van der Waals surface area (Å²) in [6.45, 7) is 6.76. The molecule has 2 heterocycles. The lowest BCUT2D eigenvalue weighted by Crippen LogP contribution is -3.19. The summed E-state index contributed by atoms with van der Waals surface area (Å²) in [5.74, 6) is -0.647. The quantitative estimate of drug-likeness (QED) is 0.513. The van der Waals surface area contributed by atoms with Crippen molar-refractivity contribution in [2.75, 3.05) is 31.1 Å². The molecule has 2 aliphatic rings. The third kappa shape index (κ3) is 4.36. The predicted octanol–water partition coefficient (Wildman–Crippen LogP) is 0.727. The Morgan fingerprint density at radius 2 is 1.61 bits per heavy atom. The van der Waals surface area contributed by atoms with Gasteiger partial charge in [0, 0.05) is 5.56 Å². The van der Waals surface area contributed by atoms with Crippen molar-refractivity contribution in [3.63, 3.8) is 0 Å². The summed E-state index contributed by atoms with van der Waals surface area (Å²) in [5.41, 5.74) is 2.92. The zero-order chi connectivity index (χ0) is 23.9. The Hall–Kier alpha value is -2.88. The highest BCUT2D eigenvalue weighted by Gasteiger charge is 2.47. The van der Waals surface area contributed by atoms with Crippen LogP contribution in [-0.4, -0.2) is 62.5 Å². The number of ketones is 1. The van der Waals surface area contributed by atoms with Gasteiger partial charge in [0.25, 0.3) is 5.91 Å². The van der Waals surface area contributed by atoms with Crippen LogP contribution in [0.5, 0.6) is 0 Å². The number of anilines is 1. The summed E-state index contributed by atoms with van der Waals surface area (Å²) in [7, 11) is -3.61. The molecule has 4 rings (SSSR count). The number of sulfonamides is 1. The normalized spacial score (nSPS) is 20.5. The van der Waals surface area contributed by atoms with Crippen molar-refractivity contribution >= 4 is 33.3 Å². The van der Waals surface area contributed by atoms with Gasteiger partial charge in [-0.25, -0.2) is 13.3 Å². The number of quaternary nitrogens is 1. The molecule has 2 aromatic carbocycles. The lowest BCUT2D eigenvalue weighted by molar-refractivity contribution is -0.918. The van der Waals surface area contributed by atoms with E-state index in [9.17, 15) is 22.8 Å². The number of imide groups is 1. The Labute approximate surface area is 193 Å². The standard InChI is InChI=1S/C24H27N3O5S/c1-16-4-9-21(14-17(16)2)33(31,32)26-12-10-25(11-13-26)22-15-23(29)27(24(22)30)20-7-5-19(6-8-20)18(3)28/h4-9,14,22H,10-13,15H2,1-3H3/p+1/t22-/m0/s1. The zero-order valence-corrected chi connectivity index (χ0v) is 19.8. The molecule has 2 amide bonds. The third-order valence-electron chi connectivity index (χ3n) is 6.65. The first-order valence-electron chi connectivity index (χ1n) is 11.0. The van der Waals surface area contributed by atoms with Crippen LogP contribution in [0.4, 0.5) is 5.69 Å². The molecule has 1 atom stereocenters. The van der Waals surface area contributed by atoms with Crippen molar-refractivity contribution in [1.82, 2.24) is 4.31 Å². The molecule has 2 fully saturated rings. The maximum absolute atomic E-state index is 13.1. The fraction of sp³-hybridized carbons (Fsp3) is 0.375. The van der Waals surface area contributed by atoms with E-state index in [0.717, 1.165) is 16.0 Å². The van der Waals surface area contributed by atoms with Crippen molar-refractivity contribution in [1.29, 1.82) is 0 Å². The second-order valence-corrected chi connectivity index (χ2v) is 10.7. The molecule has 1 N–H and O–H groups in total. The van der Waals surface area contributed by atoms with Crippen LogP contribution in [0.25, 0.3) is 0 Å². The summed E-state index contributed by atoms with van der Waals surface area (Å²) in [4.78, 5) is 39.6. The molecule has 0 aliphatic carbocycles. The Kier molecular flexibility index (Phi) is 6.22. The summed E-state index contributed by atoms with van der Waals surface area (Å²) >= 11 is 0. The predicted molar refractivity (Wildman–Crippen MR) is 123 cm³/mol. The van der Waals surface area contributed by atoms with Gasteiger partial charge in [-0.15, -0.1) is 0 Å². The van der Waals surface area contributed by atoms with E-state index in [1.165, 1.54) is 16.1 Å². The van der Waals surface area contributed by atoms with Crippen LogP contribution in [-0.2, 0) is 19.6 Å². The van der Waals surface area contributed by atoms with Gasteiger partial charge in [-0.2, -0.15) is 4.31 Å². The van der Waals surface area contributed by atoms with Gasteiger partial charge in [0.2, 0.25) is 15.9 Å². The third-order valence-corrected chi connectivity index (χ3v) is 8.55. The van der Waals surface area contributed by atoms with Crippen LogP contribution in [0.1, 0.15) is 34.8 Å². The Bertz CT molecular complexity index is 1220. The van der Waals surface area contributed by atoms with Crippen LogP contribution < -0.4 is 9.80 Å². The molecule has 2 aliphatic heterocycles. The first kappa shape index (κ1) is 23.3. The number of carbonyl (C=O) groups is 3. The number of rotatable bonds is 5. The number of nitrogens with zero attached hydrogens (tertiary/aromatic N) is 2. The number of Topliss-reactive ketones (excluding diaryl/α,β-unsaturated/α-hetero) is 1. The van der Waals surface area contributed by atoms with E-state index in [1.54, 1.807) is 36.4 Å². The van der Waals surface area contributed by atoms with Gasteiger partial charge in [0.15, 0.2) is 11.8 Å². The number of piperazine rings is 1. The molecule has 2 saturated heterocycles. The minimum Gasteiger partial charge on any atom is -0.322 e. The Morgan fingerprint density at radius 1 is 0.970 bits per heavy atom. The largest absolute Gasteiger partial charge is 0.322 e. The van der Waals surface area contributed by atoms with E-state index in [2.05, 4.69) is 0 Å². The van der Waals surface area contributed by atoms with E-state index >= 15 is 0 Å². The van der Waals surface area contributed by atoms with Gasteiger partial charge in [0.1, 0.15) is 0 Å². The molecule has 33 heavy (non-hydrogen) atoms. The maximum atomic E-state index is 13.1. The SMILES string of the molecule is CC(=O)c1ccc(N2C(=O)C[C@H]([NH+]3CCN(S(=O)(=O)c4ccc(C)c(C)c4)CC3)C2=O)cc1. The number of aryl methyl sites for hydroxylation is 2. The summed E-state index contributed by atoms with van der Waals surface area (Å²) in [5, 5.41) is 0. The first-order chi connectivity index (χ1) is 15.6. The molecule has 2 aromatic rings. The fourth-order valence-electron chi connectivity index (χ4n) is 4.45. The summed E-state index contributed by atoms with van der Waals surface area (Å²) in [6.07, 6.45) is 0.0898. The number of benzene rings is 2. The highest BCUT2D eigenvalue weighted by Crippen LogP contribution is 2.23. The van der Waals surface area contributed by atoms with Gasteiger partial charge in [-0.3, -0.25) is 14.4 Å². The van der Waals surface area contributed by atoms with Gasteiger partial charge < -0.3 is 4.90 Å². The molecule has 0 radical (unpaired) electrons. The van der Waals surface area contributed by atoms with Crippen molar-refractivity contribution < 1.29 is 27.7 Å². The number of hydrogen-bond acceptors (Lipinski definition) is 5. The van der Waals surface area contributed by atoms with E-state index in [4.69, 9.17) is 0 Å². The molecular weight excluding hydrogens is 442 g/mol. The van der Waals surface area contributed by atoms with Gasteiger partial charge in [-0.1, -0.05) is 6.07 Å². The number of amides is 2. The van der Waals surface area contributed by atoms with Crippen molar-refractivity contribution in [2.45, 2.75) is 38.1 Å². The van der Waals surface area contributed by atoms with Crippen molar-refractivity contribution in [3.8, 4) is 0 Å². The second-order valence-electron chi connectivity index (χ2n) is 8.74. The highest BCUT2D eigenvalue weighted by atomic mass is 32.2. The molecule has 9 heteroatoms. The van der Waals surface area contributed by atoms with Crippen LogP contribution in [0.15, 0.2) is 47.4 Å². The maximum Gasteiger partial charge on any atom is 0.292 e. The van der Waals surface area contributed by atoms with Gasteiger partial charge >= 0.3 is 0 Å². The second kappa shape index (κ2) is 8.81. The minimum atomic E-state index is -3.61. The van der Waals surface area contributed by atoms with Crippen molar-refractivity contribution in [3.05, 3.63) is 59.2 Å². The van der Waals surface area contributed by atoms with E-state index < -0.39 is 16.1 Å². The number of nitrogens with one attached hydrogen (secondary N) is 1. The highest BCUT2D eigenvalue weighted by molar-refractivity contribution is 7.89. The number of hydrogen-bond donors (Lipinski definition) is 1. The molecule has 0 aromatic heterocycles. The molecule has 0 saturated carbocycles. The lowest BCUT2D eigenvalue weighted by Gasteiger charge is -2.33. The fourth-order valence-corrected chi connectivity index (χ4v) is 5.98. The average Bonchev–Trinajstić information content (AvgIpc) is 3.09. The minimum absolute atomic E-state index is 0.0865. The van der Waals surface area contributed by atoms with E-state index in [1.807, 2.05) is 19.9 Å². The van der Waals surface area contributed by atoms with Gasteiger partial charge in [0.05, 0.1) is 43.2 Å². The molecule has 8 nitrogen and oxygen atoms in total. The van der Waals surface area contributed by atoms with Gasteiger partial charge in [-0.05, 0) is 68.3 Å². The zero-order valence-electron chi connectivity index (χ0n) is 19.0. The number of carbonyl (C=O) groups excluding carboxylic acids is 3.